The Morgan fingerprint density at radius 1 is 1.48 bits per heavy atom. The van der Waals surface area contributed by atoms with Gasteiger partial charge < -0.3 is 10.1 Å². The van der Waals surface area contributed by atoms with E-state index in [0.717, 1.165) is 24.2 Å². The molecule has 2 aliphatic heterocycles. The van der Waals surface area contributed by atoms with E-state index in [1.807, 2.05) is 24.3 Å². The molecule has 0 radical (unpaired) electrons. The number of rotatable bonds is 3. The van der Waals surface area contributed by atoms with Crippen molar-refractivity contribution in [2.75, 3.05) is 31.6 Å². The second-order valence-electron chi connectivity index (χ2n) is 5.48. The first-order chi connectivity index (χ1) is 10.2. The number of carbonyl (C=O) groups is 1. The third-order valence-corrected chi connectivity index (χ3v) is 4.15. The van der Waals surface area contributed by atoms with Crippen molar-refractivity contribution in [1.82, 2.24) is 10.6 Å². The molecule has 5 nitrogen and oxygen atoms in total. The van der Waals surface area contributed by atoms with Gasteiger partial charge in [0.05, 0.1) is 6.54 Å². The summed E-state index contributed by atoms with van der Waals surface area (Å²) >= 11 is 0. The lowest BCUT2D eigenvalue weighted by molar-refractivity contribution is 0.128. The molecule has 1 amide bonds. The molecule has 0 saturated carbocycles. The topological polar surface area (TPSA) is 53.6 Å². The van der Waals surface area contributed by atoms with Gasteiger partial charge in [0.1, 0.15) is 6.17 Å². The molecule has 0 aromatic heterocycles. The highest BCUT2D eigenvalue weighted by atomic mass is 19.1. The fourth-order valence-electron chi connectivity index (χ4n) is 2.94. The molecule has 0 aliphatic carbocycles. The molecule has 2 heterocycles. The first-order valence-electron chi connectivity index (χ1n) is 7.29. The van der Waals surface area contributed by atoms with E-state index in [9.17, 15) is 9.18 Å². The van der Waals surface area contributed by atoms with Crippen molar-refractivity contribution in [3.63, 3.8) is 0 Å². The largest absolute Gasteiger partial charge is 0.428 e. The average molecular weight is 293 g/mol. The summed E-state index contributed by atoms with van der Waals surface area (Å²) < 4.78 is 19.2. The number of halogens is 1. The van der Waals surface area contributed by atoms with Crippen LogP contribution in [0.5, 0.6) is 0 Å². The molecule has 2 aliphatic rings. The minimum absolute atomic E-state index is 0.107. The number of ether oxygens (including phenoxy) is 1. The molecule has 1 aromatic rings. The van der Waals surface area contributed by atoms with Crippen LogP contribution in [0.15, 0.2) is 24.3 Å². The van der Waals surface area contributed by atoms with Crippen LogP contribution in [0.25, 0.3) is 0 Å². The number of piperidine rings is 1. The first-order valence-corrected chi connectivity index (χ1v) is 7.29. The second-order valence-corrected chi connectivity index (χ2v) is 5.48. The van der Waals surface area contributed by atoms with E-state index in [-0.39, 0.29) is 18.2 Å². The van der Waals surface area contributed by atoms with Crippen LogP contribution in [0, 0.1) is 0 Å². The van der Waals surface area contributed by atoms with Gasteiger partial charge in [0.25, 0.3) is 0 Å². The van der Waals surface area contributed by atoms with Gasteiger partial charge in [-0.2, -0.15) is 0 Å². The third-order valence-electron chi connectivity index (χ3n) is 4.15. The van der Waals surface area contributed by atoms with E-state index < -0.39 is 6.17 Å². The van der Waals surface area contributed by atoms with Gasteiger partial charge in [0, 0.05) is 18.2 Å². The summed E-state index contributed by atoms with van der Waals surface area (Å²) in [6.45, 7) is 1.68. The first kappa shape index (κ1) is 14.3. The number of cyclic esters (lactones) is 1. The molecule has 3 atom stereocenters. The van der Waals surface area contributed by atoms with Gasteiger partial charge in [0.2, 0.25) is 0 Å². The van der Waals surface area contributed by atoms with Gasteiger partial charge in [-0.1, -0.05) is 12.1 Å². The van der Waals surface area contributed by atoms with Crippen LogP contribution in [0.1, 0.15) is 17.9 Å². The van der Waals surface area contributed by atoms with Crippen LogP contribution in [0.3, 0.4) is 0 Å². The summed E-state index contributed by atoms with van der Waals surface area (Å²) in [6.07, 6.45) is -0.777. The minimum atomic E-state index is -0.885. The molecular formula is C15H20FN3O2. The van der Waals surface area contributed by atoms with Crippen molar-refractivity contribution >= 4 is 11.8 Å². The monoisotopic (exact) mass is 293 g/mol. The van der Waals surface area contributed by atoms with Crippen LogP contribution >= 0.6 is 0 Å². The molecule has 114 valence electrons. The van der Waals surface area contributed by atoms with Crippen molar-refractivity contribution < 1.29 is 13.9 Å². The zero-order chi connectivity index (χ0) is 14.8. The third kappa shape index (κ3) is 2.87. The lowest BCUT2D eigenvalue weighted by Gasteiger charge is -2.27. The number of hydrogen-bond acceptors (Lipinski definition) is 4. The Kier molecular flexibility index (Phi) is 4.07. The van der Waals surface area contributed by atoms with Crippen molar-refractivity contribution in [2.24, 2.45) is 0 Å². The average Bonchev–Trinajstić information content (AvgIpc) is 2.89. The number of carbonyl (C=O) groups excluding carboxylic acids is 1. The van der Waals surface area contributed by atoms with E-state index in [2.05, 4.69) is 10.6 Å². The molecule has 2 fully saturated rings. The zero-order valence-corrected chi connectivity index (χ0v) is 12.0. The molecule has 3 rings (SSSR count). The SMILES string of the molecule is CNC1CN(c2cccc(C3CCNCC3F)c2)C(=O)O1. The van der Waals surface area contributed by atoms with Crippen molar-refractivity contribution in [2.45, 2.75) is 24.7 Å². The predicted molar refractivity (Wildman–Crippen MR) is 78.2 cm³/mol. The molecule has 6 heteroatoms. The van der Waals surface area contributed by atoms with Gasteiger partial charge >= 0.3 is 6.09 Å². The molecule has 0 spiro atoms. The Morgan fingerprint density at radius 2 is 2.33 bits per heavy atom. The van der Waals surface area contributed by atoms with E-state index in [4.69, 9.17) is 4.74 Å². The van der Waals surface area contributed by atoms with E-state index >= 15 is 0 Å². The fraction of sp³-hybridized carbons (Fsp3) is 0.533. The molecular weight excluding hydrogens is 273 g/mol. The molecule has 1 aromatic carbocycles. The van der Waals surface area contributed by atoms with E-state index in [1.54, 1.807) is 11.9 Å². The molecule has 2 N–H and O–H groups in total. The summed E-state index contributed by atoms with van der Waals surface area (Å²) in [7, 11) is 1.75. The maximum atomic E-state index is 14.1. The fourth-order valence-corrected chi connectivity index (χ4v) is 2.94. The van der Waals surface area contributed by atoms with Crippen LogP contribution < -0.4 is 15.5 Å². The Bertz CT molecular complexity index is 525. The lowest BCUT2D eigenvalue weighted by Crippen LogP contribution is -2.36. The maximum absolute atomic E-state index is 14.1. The van der Waals surface area contributed by atoms with Crippen LogP contribution in [-0.4, -0.2) is 45.2 Å². The number of benzene rings is 1. The standard InChI is InChI=1S/C15H20FN3O2/c1-17-14-9-19(15(20)21-14)11-4-2-3-10(7-11)12-5-6-18-8-13(12)16/h2-4,7,12-14,17-18H,5-6,8-9H2,1H3. The van der Waals surface area contributed by atoms with Crippen molar-refractivity contribution in [1.29, 1.82) is 0 Å². The highest BCUT2D eigenvalue weighted by molar-refractivity contribution is 5.89. The zero-order valence-electron chi connectivity index (χ0n) is 12.0. The number of nitrogens with zero attached hydrogens (tertiary/aromatic N) is 1. The number of hydrogen-bond donors (Lipinski definition) is 2. The van der Waals surface area contributed by atoms with Gasteiger partial charge in [-0.3, -0.25) is 10.2 Å². The highest BCUT2D eigenvalue weighted by Gasteiger charge is 2.32. The quantitative estimate of drug-likeness (QED) is 0.889. The van der Waals surface area contributed by atoms with Gasteiger partial charge in [-0.15, -0.1) is 0 Å². The summed E-state index contributed by atoms with van der Waals surface area (Å²) in [6, 6.07) is 7.57. The molecule has 3 unspecified atom stereocenters. The Labute approximate surface area is 123 Å². The molecule has 2 saturated heterocycles. The summed E-state index contributed by atoms with van der Waals surface area (Å²) in [5.74, 6) is -0.107. The van der Waals surface area contributed by atoms with Gasteiger partial charge in [-0.25, -0.2) is 9.18 Å². The highest BCUT2D eigenvalue weighted by Crippen LogP contribution is 2.31. The van der Waals surface area contributed by atoms with E-state index in [1.165, 1.54) is 0 Å². The maximum Gasteiger partial charge on any atom is 0.416 e. The summed E-state index contributed by atoms with van der Waals surface area (Å²) in [4.78, 5) is 13.5. The van der Waals surface area contributed by atoms with Crippen molar-refractivity contribution in [3.8, 4) is 0 Å². The Hall–Kier alpha value is -1.66. The van der Waals surface area contributed by atoms with Crippen LogP contribution in [-0.2, 0) is 4.74 Å². The molecule has 21 heavy (non-hydrogen) atoms. The number of likely N-dealkylation sites (N-methyl/N-ethyl adjacent to an activating group) is 1. The second kappa shape index (κ2) is 5.99. The predicted octanol–water partition coefficient (Wildman–Crippen LogP) is 1.60. The number of alkyl halides is 1. The Balaban J connectivity index is 1.81. The normalized spacial score (nSPS) is 29.5. The van der Waals surface area contributed by atoms with Crippen LogP contribution in [0.2, 0.25) is 0 Å². The van der Waals surface area contributed by atoms with Crippen LogP contribution in [0.4, 0.5) is 14.9 Å². The number of anilines is 1. The number of nitrogens with one attached hydrogen (secondary N) is 2. The summed E-state index contributed by atoms with van der Waals surface area (Å²) in [5.41, 5.74) is 1.71. The van der Waals surface area contributed by atoms with E-state index in [0.29, 0.717) is 13.1 Å². The lowest BCUT2D eigenvalue weighted by atomic mass is 9.88. The number of amides is 1. The van der Waals surface area contributed by atoms with Gasteiger partial charge in [-0.05, 0) is 37.7 Å². The Morgan fingerprint density at radius 3 is 3.05 bits per heavy atom. The van der Waals surface area contributed by atoms with Crippen molar-refractivity contribution in [3.05, 3.63) is 29.8 Å². The smallest absolute Gasteiger partial charge is 0.416 e. The molecule has 0 bridgehead atoms. The minimum Gasteiger partial charge on any atom is -0.428 e. The van der Waals surface area contributed by atoms with Gasteiger partial charge in [0.15, 0.2) is 6.23 Å². The summed E-state index contributed by atoms with van der Waals surface area (Å²) in [5, 5.41) is 5.98.